The maximum atomic E-state index is 12.3. The number of piperidine rings is 1. The fourth-order valence-corrected chi connectivity index (χ4v) is 2.88. The van der Waals surface area contributed by atoms with Gasteiger partial charge in [0.2, 0.25) is 5.91 Å². The quantitative estimate of drug-likeness (QED) is 0.828. The lowest BCUT2D eigenvalue weighted by atomic mass is 9.97. The van der Waals surface area contributed by atoms with E-state index in [0.29, 0.717) is 31.7 Å². The van der Waals surface area contributed by atoms with Crippen molar-refractivity contribution in [1.29, 1.82) is 0 Å². The zero-order valence-electron chi connectivity index (χ0n) is 15.5. The highest BCUT2D eigenvalue weighted by atomic mass is 16.5. The zero-order valence-corrected chi connectivity index (χ0v) is 15.5. The molecule has 0 bridgehead atoms. The van der Waals surface area contributed by atoms with Crippen molar-refractivity contribution in [3.05, 3.63) is 29.3 Å². The van der Waals surface area contributed by atoms with Crippen LogP contribution in [0, 0.1) is 19.8 Å². The van der Waals surface area contributed by atoms with Gasteiger partial charge in [0.25, 0.3) is 5.91 Å². The molecular weight excluding hydrogens is 336 g/mol. The minimum Gasteiger partial charge on any atom is -0.483 e. The number of carboxylic acid groups (broad SMARTS) is 1. The Bertz CT molecular complexity index is 681. The Morgan fingerprint density at radius 2 is 1.88 bits per heavy atom. The molecule has 7 heteroatoms. The average molecular weight is 362 g/mol. The number of likely N-dealkylation sites (tertiary alicyclic amines) is 1. The molecule has 1 heterocycles. The van der Waals surface area contributed by atoms with Crippen LogP contribution in [0.15, 0.2) is 18.2 Å². The van der Waals surface area contributed by atoms with Crippen LogP contribution >= 0.6 is 0 Å². The number of rotatable bonds is 6. The Labute approximate surface area is 153 Å². The third-order valence-electron chi connectivity index (χ3n) is 4.69. The Hall–Kier alpha value is -2.57. The van der Waals surface area contributed by atoms with Gasteiger partial charge in [0.05, 0.1) is 12.5 Å². The zero-order chi connectivity index (χ0) is 19.3. The van der Waals surface area contributed by atoms with Gasteiger partial charge in [0.15, 0.2) is 6.61 Å². The number of hydrogen-bond acceptors (Lipinski definition) is 4. The number of nitrogens with zero attached hydrogens (tertiary/aromatic N) is 2. The summed E-state index contributed by atoms with van der Waals surface area (Å²) in [5, 5.41) is 9.00. The second-order valence-electron chi connectivity index (χ2n) is 6.80. The Morgan fingerprint density at radius 3 is 2.50 bits per heavy atom. The first-order chi connectivity index (χ1) is 12.3. The third-order valence-corrected chi connectivity index (χ3v) is 4.69. The summed E-state index contributed by atoms with van der Waals surface area (Å²) in [4.78, 5) is 38.5. The van der Waals surface area contributed by atoms with Gasteiger partial charge < -0.3 is 19.6 Å². The number of likely N-dealkylation sites (N-methyl/N-ethyl adjacent to an activating group) is 1. The molecule has 0 atom stereocenters. The lowest BCUT2D eigenvalue weighted by Gasteiger charge is -2.31. The molecule has 2 rings (SSSR count). The molecule has 0 aliphatic carbocycles. The molecule has 0 unspecified atom stereocenters. The van der Waals surface area contributed by atoms with E-state index in [1.807, 2.05) is 32.0 Å². The topological polar surface area (TPSA) is 87.2 Å². The molecule has 0 aromatic heterocycles. The number of ether oxygens (including phenoxy) is 1. The predicted octanol–water partition coefficient (Wildman–Crippen LogP) is 1.46. The van der Waals surface area contributed by atoms with Crippen molar-refractivity contribution in [2.24, 2.45) is 5.92 Å². The maximum absolute atomic E-state index is 12.3. The Balaban J connectivity index is 1.80. The molecule has 0 radical (unpaired) electrons. The lowest BCUT2D eigenvalue weighted by molar-refractivity contribution is -0.146. The van der Waals surface area contributed by atoms with E-state index in [1.165, 1.54) is 4.90 Å². The molecule has 142 valence electrons. The summed E-state index contributed by atoms with van der Waals surface area (Å²) in [6.07, 6.45) is 0.906. The van der Waals surface area contributed by atoms with Gasteiger partial charge in [-0.15, -0.1) is 0 Å². The number of carbonyl (C=O) groups is 3. The number of benzene rings is 1. The van der Waals surface area contributed by atoms with Crippen LogP contribution in [0.4, 0.5) is 0 Å². The van der Waals surface area contributed by atoms with Crippen molar-refractivity contribution < 1.29 is 24.2 Å². The van der Waals surface area contributed by atoms with Gasteiger partial charge in [-0.05, 0) is 43.9 Å². The Kier molecular flexibility index (Phi) is 6.60. The van der Waals surface area contributed by atoms with Crippen LogP contribution in [0.5, 0.6) is 5.75 Å². The highest BCUT2D eigenvalue weighted by molar-refractivity contribution is 5.85. The minimum atomic E-state index is -0.812. The molecule has 7 nitrogen and oxygen atoms in total. The number of hydrogen-bond donors (Lipinski definition) is 1. The fourth-order valence-electron chi connectivity index (χ4n) is 2.88. The fraction of sp³-hybridized carbons (Fsp3) is 0.526. The van der Waals surface area contributed by atoms with Gasteiger partial charge in [0, 0.05) is 20.1 Å². The molecule has 1 fully saturated rings. The summed E-state index contributed by atoms with van der Waals surface area (Å²) >= 11 is 0. The van der Waals surface area contributed by atoms with Crippen molar-refractivity contribution in [3.8, 4) is 5.75 Å². The lowest BCUT2D eigenvalue weighted by Crippen LogP contribution is -2.46. The van der Waals surface area contributed by atoms with E-state index in [2.05, 4.69) is 0 Å². The first-order valence-corrected chi connectivity index (χ1v) is 8.72. The molecule has 2 amide bonds. The number of carbonyl (C=O) groups excluding carboxylic acids is 2. The second kappa shape index (κ2) is 8.69. The highest BCUT2D eigenvalue weighted by Gasteiger charge is 2.27. The van der Waals surface area contributed by atoms with Crippen molar-refractivity contribution in [2.45, 2.75) is 26.7 Å². The van der Waals surface area contributed by atoms with Gasteiger partial charge in [-0.25, -0.2) is 0 Å². The first-order valence-electron chi connectivity index (χ1n) is 8.72. The molecule has 1 saturated heterocycles. The summed E-state index contributed by atoms with van der Waals surface area (Å²) < 4.78 is 5.59. The van der Waals surface area contributed by atoms with Gasteiger partial charge in [-0.3, -0.25) is 14.4 Å². The van der Waals surface area contributed by atoms with Gasteiger partial charge in [-0.1, -0.05) is 12.1 Å². The monoisotopic (exact) mass is 362 g/mol. The van der Waals surface area contributed by atoms with E-state index in [9.17, 15) is 14.4 Å². The van der Waals surface area contributed by atoms with Crippen LogP contribution in [0.25, 0.3) is 0 Å². The van der Waals surface area contributed by atoms with E-state index >= 15 is 0 Å². The summed E-state index contributed by atoms with van der Waals surface area (Å²) in [5.74, 6) is -0.984. The molecule has 26 heavy (non-hydrogen) atoms. The van der Waals surface area contributed by atoms with E-state index in [0.717, 1.165) is 11.1 Å². The molecule has 1 aliphatic rings. The van der Waals surface area contributed by atoms with E-state index < -0.39 is 5.97 Å². The number of aryl methyl sites for hydroxylation is 2. The molecule has 1 N–H and O–H groups in total. The van der Waals surface area contributed by atoms with Gasteiger partial charge >= 0.3 is 5.97 Å². The summed E-state index contributed by atoms with van der Waals surface area (Å²) in [6, 6.07) is 5.78. The van der Waals surface area contributed by atoms with Gasteiger partial charge in [0.1, 0.15) is 5.75 Å². The first kappa shape index (κ1) is 19.8. The van der Waals surface area contributed by atoms with Crippen LogP contribution in [0.1, 0.15) is 24.0 Å². The average Bonchev–Trinajstić information content (AvgIpc) is 2.62. The summed E-state index contributed by atoms with van der Waals surface area (Å²) in [7, 11) is 1.57. The van der Waals surface area contributed by atoms with Crippen LogP contribution in [-0.4, -0.2) is 66.0 Å². The largest absolute Gasteiger partial charge is 0.483 e. The van der Waals surface area contributed by atoms with Crippen LogP contribution in [0.3, 0.4) is 0 Å². The SMILES string of the molecule is Cc1ccc(C)c(OCC(=O)N(C)CC(=O)N2CCC(C(=O)O)CC2)c1. The van der Waals surface area contributed by atoms with Crippen molar-refractivity contribution in [2.75, 3.05) is 33.3 Å². The smallest absolute Gasteiger partial charge is 0.306 e. The van der Waals surface area contributed by atoms with E-state index in [1.54, 1.807) is 11.9 Å². The van der Waals surface area contributed by atoms with Crippen molar-refractivity contribution in [1.82, 2.24) is 9.80 Å². The normalized spacial score (nSPS) is 14.8. The van der Waals surface area contributed by atoms with E-state index in [4.69, 9.17) is 9.84 Å². The Morgan fingerprint density at radius 1 is 1.23 bits per heavy atom. The minimum absolute atomic E-state index is 0.0350. The standard InChI is InChI=1S/C19H26N2O5/c1-13-4-5-14(2)16(10-13)26-12-18(23)20(3)11-17(22)21-8-6-15(7-9-21)19(24)25/h4-5,10,15H,6-9,11-12H2,1-3H3,(H,24,25). The van der Waals surface area contributed by atoms with Gasteiger partial charge in [-0.2, -0.15) is 0 Å². The predicted molar refractivity (Wildman–Crippen MR) is 96.0 cm³/mol. The highest BCUT2D eigenvalue weighted by Crippen LogP contribution is 2.19. The summed E-state index contributed by atoms with van der Waals surface area (Å²) in [6.45, 7) is 4.52. The van der Waals surface area contributed by atoms with Crippen molar-refractivity contribution in [3.63, 3.8) is 0 Å². The third kappa shape index (κ3) is 5.21. The number of aliphatic carboxylic acids is 1. The van der Waals surface area contributed by atoms with Crippen LogP contribution < -0.4 is 4.74 Å². The number of amides is 2. The van der Waals surface area contributed by atoms with Crippen LogP contribution in [0.2, 0.25) is 0 Å². The molecule has 1 aromatic carbocycles. The molecule has 1 aliphatic heterocycles. The maximum Gasteiger partial charge on any atom is 0.306 e. The van der Waals surface area contributed by atoms with Crippen LogP contribution in [-0.2, 0) is 14.4 Å². The van der Waals surface area contributed by atoms with E-state index in [-0.39, 0.29) is 30.9 Å². The number of carboxylic acids is 1. The molecule has 0 saturated carbocycles. The second-order valence-corrected chi connectivity index (χ2v) is 6.80. The molecular formula is C19H26N2O5. The molecule has 1 aromatic rings. The molecule has 0 spiro atoms. The summed E-state index contributed by atoms with van der Waals surface area (Å²) in [5.41, 5.74) is 2.00. The van der Waals surface area contributed by atoms with Crippen molar-refractivity contribution >= 4 is 17.8 Å².